The van der Waals surface area contributed by atoms with Crippen LogP contribution < -0.4 is 0 Å². The van der Waals surface area contributed by atoms with Crippen LogP contribution >= 0.6 is 0 Å². The number of fused-ring (bicyclic) bond motifs is 1. The Hall–Kier alpha value is -1.77. The molecule has 0 radical (unpaired) electrons. The molecule has 0 unspecified atom stereocenters. The fraction of sp³-hybridized carbons (Fsp3) is 0.471. The second-order valence-electron chi connectivity index (χ2n) is 5.60. The molecule has 1 heterocycles. The Morgan fingerprint density at radius 3 is 2.50 bits per heavy atom. The lowest BCUT2D eigenvalue weighted by Gasteiger charge is -2.12. The number of carboxylic acids is 1. The second-order valence-corrected chi connectivity index (χ2v) is 5.60. The van der Waals surface area contributed by atoms with Crippen LogP contribution in [0.25, 0.3) is 10.9 Å². The molecule has 108 valence electrons. The van der Waals surface area contributed by atoms with E-state index in [2.05, 4.69) is 44.5 Å². The van der Waals surface area contributed by atoms with Gasteiger partial charge in [0.1, 0.15) is 0 Å². The number of aryl methyl sites for hydroxylation is 2. The molecule has 3 heteroatoms. The van der Waals surface area contributed by atoms with Crippen molar-refractivity contribution in [3.63, 3.8) is 0 Å². The van der Waals surface area contributed by atoms with Gasteiger partial charge < -0.3 is 9.67 Å². The molecular formula is C17H23NO2. The molecule has 0 aliphatic heterocycles. The summed E-state index contributed by atoms with van der Waals surface area (Å²) in [7, 11) is 0. The van der Waals surface area contributed by atoms with Crippen LogP contribution in [-0.2, 0) is 12.8 Å². The van der Waals surface area contributed by atoms with E-state index in [9.17, 15) is 9.90 Å². The summed E-state index contributed by atoms with van der Waals surface area (Å²) in [6, 6.07) is 4.24. The number of carboxylic acid groups (broad SMARTS) is 1. The lowest BCUT2D eigenvalue weighted by molar-refractivity contribution is 0.0698. The highest BCUT2D eigenvalue weighted by Crippen LogP contribution is 2.30. The average molecular weight is 273 g/mol. The van der Waals surface area contributed by atoms with Crippen molar-refractivity contribution in [2.45, 2.75) is 53.0 Å². The molecule has 1 aromatic carbocycles. The van der Waals surface area contributed by atoms with Gasteiger partial charge in [-0.05, 0) is 49.9 Å². The van der Waals surface area contributed by atoms with E-state index in [1.165, 1.54) is 5.56 Å². The second kappa shape index (κ2) is 5.70. The van der Waals surface area contributed by atoms with Crippen molar-refractivity contribution in [1.82, 2.24) is 4.57 Å². The topological polar surface area (TPSA) is 42.2 Å². The highest BCUT2D eigenvalue weighted by Gasteiger charge is 2.18. The summed E-state index contributed by atoms with van der Waals surface area (Å²) in [5, 5.41) is 10.6. The van der Waals surface area contributed by atoms with Gasteiger partial charge in [-0.3, -0.25) is 0 Å². The van der Waals surface area contributed by atoms with Crippen molar-refractivity contribution in [3.05, 3.63) is 35.0 Å². The number of hydrogen-bond acceptors (Lipinski definition) is 1. The van der Waals surface area contributed by atoms with E-state index in [0.29, 0.717) is 5.56 Å². The van der Waals surface area contributed by atoms with Crippen LogP contribution in [0.3, 0.4) is 0 Å². The molecule has 1 N–H and O–H groups in total. The van der Waals surface area contributed by atoms with Gasteiger partial charge in [0.15, 0.2) is 0 Å². The fourth-order valence-corrected chi connectivity index (χ4v) is 2.76. The molecule has 0 spiro atoms. The van der Waals surface area contributed by atoms with E-state index in [4.69, 9.17) is 0 Å². The first-order chi connectivity index (χ1) is 9.49. The Morgan fingerprint density at radius 2 is 2.00 bits per heavy atom. The zero-order valence-corrected chi connectivity index (χ0v) is 12.7. The maximum atomic E-state index is 11.6. The first kappa shape index (κ1) is 14.6. The molecule has 0 fully saturated rings. The summed E-state index contributed by atoms with van der Waals surface area (Å²) in [5.74, 6) is -0.839. The highest BCUT2D eigenvalue weighted by atomic mass is 16.4. The summed E-state index contributed by atoms with van der Waals surface area (Å²) < 4.78 is 2.10. The predicted octanol–water partition coefficient (Wildman–Crippen LogP) is 4.44. The number of hydrogen-bond donors (Lipinski definition) is 1. The van der Waals surface area contributed by atoms with Crippen molar-refractivity contribution in [2.75, 3.05) is 0 Å². The van der Waals surface area contributed by atoms with Crippen LogP contribution in [-0.4, -0.2) is 15.6 Å². The Balaban J connectivity index is 2.84. The van der Waals surface area contributed by atoms with Gasteiger partial charge in [-0.25, -0.2) is 4.79 Å². The first-order valence-corrected chi connectivity index (χ1v) is 7.39. The largest absolute Gasteiger partial charge is 0.478 e. The van der Waals surface area contributed by atoms with Crippen molar-refractivity contribution in [2.24, 2.45) is 0 Å². The van der Waals surface area contributed by atoms with Crippen LogP contribution in [0.1, 0.15) is 61.6 Å². The number of carbonyl (C=O) groups is 1. The Morgan fingerprint density at radius 1 is 1.30 bits per heavy atom. The molecular weight excluding hydrogens is 250 g/mol. The van der Waals surface area contributed by atoms with Gasteiger partial charge in [-0.2, -0.15) is 0 Å². The molecule has 20 heavy (non-hydrogen) atoms. The lowest BCUT2D eigenvalue weighted by atomic mass is 10.0. The molecule has 3 nitrogen and oxygen atoms in total. The monoisotopic (exact) mass is 273 g/mol. The number of benzene rings is 1. The lowest BCUT2D eigenvalue weighted by Crippen LogP contribution is -2.05. The predicted molar refractivity (Wildman–Crippen MR) is 82.7 cm³/mol. The van der Waals surface area contributed by atoms with E-state index in [1.54, 1.807) is 0 Å². The van der Waals surface area contributed by atoms with Crippen molar-refractivity contribution < 1.29 is 9.90 Å². The zero-order valence-electron chi connectivity index (χ0n) is 12.7. The fourth-order valence-electron chi connectivity index (χ4n) is 2.76. The van der Waals surface area contributed by atoms with Gasteiger partial charge in [0.25, 0.3) is 0 Å². The summed E-state index contributed by atoms with van der Waals surface area (Å²) in [5.41, 5.74) is 3.64. The van der Waals surface area contributed by atoms with E-state index in [1.807, 2.05) is 6.07 Å². The van der Waals surface area contributed by atoms with Gasteiger partial charge in [0.05, 0.1) is 11.1 Å². The number of aromatic nitrogens is 1. The summed E-state index contributed by atoms with van der Waals surface area (Å²) in [4.78, 5) is 11.6. The number of nitrogens with zero attached hydrogens (tertiary/aromatic N) is 1. The van der Waals surface area contributed by atoms with Crippen molar-refractivity contribution in [3.8, 4) is 0 Å². The smallest absolute Gasteiger partial charge is 0.337 e. The summed E-state index contributed by atoms with van der Waals surface area (Å²) >= 11 is 0. The quantitative estimate of drug-likeness (QED) is 0.875. The molecule has 2 rings (SSSR count). The normalized spacial score (nSPS) is 11.4. The van der Waals surface area contributed by atoms with Crippen LogP contribution in [0.4, 0.5) is 0 Å². The van der Waals surface area contributed by atoms with E-state index < -0.39 is 5.97 Å². The average Bonchev–Trinajstić information content (AvgIpc) is 2.77. The van der Waals surface area contributed by atoms with E-state index in [-0.39, 0.29) is 6.04 Å². The Bertz CT molecular complexity index is 638. The standard InChI is InChI=1S/C17H23NO2/c1-5-7-13-10-18(11(3)4)16-14(13)8-12(6-2)9-15(16)17(19)20/h8-11H,5-7H2,1-4H3,(H,19,20). The minimum Gasteiger partial charge on any atom is -0.478 e. The SMILES string of the molecule is CCCc1cn(C(C)C)c2c(C(=O)O)cc(CC)cc12. The molecule has 0 bridgehead atoms. The van der Waals surface area contributed by atoms with Gasteiger partial charge in [-0.1, -0.05) is 20.3 Å². The third-order valence-corrected chi connectivity index (χ3v) is 3.78. The van der Waals surface area contributed by atoms with Crippen LogP contribution in [0.5, 0.6) is 0 Å². The molecule has 0 atom stereocenters. The van der Waals surface area contributed by atoms with E-state index in [0.717, 1.165) is 35.7 Å². The molecule has 0 saturated carbocycles. The summed E-state index contributed by atoms with van der Waals surface area (Å²) in [6.07, 6.45) is 5.04. The molecule has 0 aliphatic rings. The third-order valence-electron chi connectivity index (χ3n) is 3.78. The van der Waals surface area contributed by atoms with Gasteiger partial charge in [-0.15, -0.1) is 0 Å². The molecule has 2 aromatic rings. The summed E-state index contributed by atoms with van der Waals surface area (Å²) in [6.45, 7) is 8.40. The van der Waals surface area contributed by atoms with Crippen LogP contribution in [0.15, 0.2) is 18.3 Å². The Kier molecular flexibility index (Phi) is 4.17. The number of aromatic carboxylic acids is 1. The van der Waals surface area contributed by atoms with Crippen LogP contribution in [0, 0.1) is 0 Å². The first-order valence-electron chi connectivity index (χ1n) is 7.39. The molecule has 0 amide bonds. The minimum absolute atomic E-state index is 0.258. The molecule has 1 aromatic heterocycles. The molecule has 0 saturated heterocycles. The highest BCUT2D eigenvalue weighted by molar-refractivity contribution is 6.04. The molecule has 0 aliphatic carbocycles. The maximum Gasteiger partial charge on any atom is 0.337 e. The van der Waals surface area contributed by atoms with Gasteiger partial charge in [0, 0.05) is 17.6 Å². The van der Waals surface area contributed by atoms with Crippen molar-refractivity contribution >= 4 is 16.9 Å². The third kappa shape index (κ3) is 2.45. The van der Waals surface area contributed by atoms with E-state index >= 15 is 0 Å². The minimum atomic E-state index is -0.839. The van der Waals surface area contributed by atoms with Gasteiger partial charge in [0.2, 0.25) is 0 Å². The number of rotatable bonds is 5. The maximum absolute atomic E-state index is 11.6. The Labute approximate surface area is 120 Å². The van der Waals surface area contributed by atoms with Gasteiger partial charge >= 0.3 is 5.97 Å². The van der Waals surface area contributed by atoms with Crippen molar-refractivity contribution in [1.29, 1.82) is 0 Å². The zero-order chi connectivity index (χ0) is 14.9. The van der Waals surface area contributed by atoms with Crippen LogP contribution in [0.2, 0.25) is 0 Å².